The smallest absolute Gasteiger partial charge is 0.326 e. The summed E-state index contributed by atoms with van der Waals surface area (Å²) in [6.07, 6.45) is 0.715. The number of anilines is 3. The second kappa shape index (κ2) is 10.3. The average Bonchev–Trinajstić information content (AvgIpc) is 2.71. The molecule has 0 saturated heterocycles. The maximum Gasteiger partial charge on any atom is 0.326 e. The zero-order chi connectivity index (χ0) is 23.4. The highest BCUT2D eigenvalue weighted by molar-refractivity contribution is 6.34. The van der Waals surface area contributed by atoms with Crippen molar-refractivity contribution in [1.82, 2.24) is 25.3 Å². The van der Waals surface area contributed by atoms with Crippen molar-refractivity contribution in [1.29, 1.82) is 0 Å². The largest absolute Gasteiger partial charge is 0.481 e. The number of aliphatic carboxylic acids is 2. The van der Waals surface area contributed by atoms with Crippen LogP contribution in [0.1, 0.15) is 22.5 Å². The molecular formula is C18H19ClN8O6. The lowest BCUT2D eigenvalue weighted by Gasteiger charge is -2.14. The predicted molar refractivity (Wildman–Crippen MR) is 117 cm³/mol. The topological polar surface area (TPSA) is 251 Å². The van der Waals surface area contributed by atoms with Crippen molar-refractivity contribution in [3.05, 3.63) is 40.7 Å². The van der Waals surface area contributed by atoms with E-state index >= 15 is 0 Å². The van der Waals surface area contributed by atoms with E-state index in [1.165, 1.54) is 18.3 Å². The van der Waals surface area contributed by atoms with Crippen LogP contribution in [-0.4, -0.2) is 59.5 Å². The van der Waals surface area contributed by atoms with Gasteiger partial charge < -0.3 is 37.8 Å². The van der Waals surface area contributed by atoms with E-state index in [4.69, 9.17) is 33.3 Å². The fourth-order valence-corrected chi connectivity index (χ4v) is 2.95. The molecule has 3 rings (SSSR count). The van der Waals surface area contributed by atoms with Gasteiger partial charge in [-0.15, -0.1) is 0 Å². The Kier molecular flexibility index (Phi) is 7.82. The number of carboxylic acid groups (broad SMARTS) is 2. The van der Waals surface area contributed by atoms with Gasteiger partial charge >= 0.3 is 11.9 Å². The number of aromatic nitrogens is 4. The first-order valence-corrected chi connectivity index (χ1v) is 9.35. The van der Waals surface area contributed by atoms with Gasteiger partial charge in [-0.2, -0.15) is 9.97 Å². The molecule has 3 aromatic rings. The van der Waals surface area contributed by atoms with Crippen LogP contribution in [-0.2, 0) is 16.1 Å². The Hall–Kier alpha value is -4.30. The number of benzene rings is 1. The third kappa shape index (κ3) is 6.11. The quantitative estimate of drug-likeness (QED) is 0.243. The molecule has 0 radical (unpaired) electrons. The van der Waals surface area contributed by atoms with Gasteiger partial charge in [-0.1, -0.05) is 11.6 Å². The number of nitrogens with one attached hydrogen (secondary N) is 2. The standard InChI is InChI=1S/C18H17ClN8O5.H2O/c19-10-3-7(1-2-9(10)16(30)25-11(17(31)32)4-12(28)29)22-5-8-6-23-15-13(24-8)14(20)26-18(21)27-15;/h1-3,6,11,22H,4-5H2,(H,25,30)(H,28,29)(H,31,32)(H4,20,21,23,26,27);1H2. The Morgan fingerprint density at radius 3 is 2.48 bits per heavy atom. The molecule has 1 amide bonds. The summed E-state index contributed by atoms with van der Waals surface area (Å²) in [5.74, 6) is -3.56. The van der Waals surface area contributed by atoms with Gasteiger partial charge in [0.1, 0.15) is 6.04 Å². The molecule has 1 atom stereocenters. The van der Waals surface area contributed by atoms with Gasteiger partial charge in [0.25, 0.3) is 5.91 Å². The number of carbonyl (C=O) groups is 3. The highest BCUT2D eigenvalue weighted by Gasteiger charge is 2.24. The van der Waals surface area contributed by atoms with Crippen LogP contribution >= 0.6 is 11.6 Å². The molecule has 1 aromatic carbocycles. The first-order valence-electron chi connectivity index (χ1n) is 8.97. The van der Waals surface area contributed by atoms with E-state index in [2.05, 4.69) is 30.6 Å². The number of hydrogen-bond acceptors (Lipinski definition) is 10. The van der Waals surface area contributed by atoms with Crippen LogP contribution < -0.4 is 22.1 Å². The lowest BCUT2D eigenvalue weighted by Crippen LogP contribution is -2.42. The van der Waals surface area contributed by atoms with Crippen molar-refractivity contribution >= 4 is 58.1 Å². The van der Waals surface area contributed by atoms with Crippen LogP contribution in [0.4, 0.5) is 17.5 Å². The first kappa shape index (κ1) is 25.0. The second-order valence-corrected chi connectivity index (χ2v) is 6.92. The number of amides is 1. The van der Waals surface area contributed by atoms with Crippen molar-refractivity contribution in [2.45, 2.75) is 19.0 Å². The molecule has 10 N–H and O–H groups in total. The summed E-state index contributed by atoms with van der Waals surface area (Å²) in [5, 5.41) is 23.0. The number of carboxylic acids is 2. The molecular weight excluding hydrogens is 460 g/mol. The minimum atomic E-state index is -1.59. The molecule has 0 aliphatic rings. The van der Waals surface area contributed by atoms with Crippen LogP contribution in [0.25, 0.3) is 11.2 Å². The molecule has 2 heterocycles. The predicted octanol–water partition coefficient (Wildman–Crippen LogP) is -0.317. The summed E-state index contributed by atoms with van der Waals surface area (Å²) in [6, 6.07) is 2.78. The van der Waals surface area contributed by atoms with Gasteiger partial charge in [-0.25, -0.2) is 14.8 Å². The maximum atomic E-state index is 12.3. The Balaban J connectivity index is 0.00000385. The number of carbonyl (C=O) groups excluding carboxylic acids is 1. The van der Waals surface area contributed by atoms with E-state index in [1.807, 2.05) is 0 Å². The zero-order valence-electron chi connectivity index (χ0n) is 16.7. The summed E-state index contributed by atoms with van der Waals surface area (Å²) in [6.45, 7) is 0.230. The van der Waals surface area contributed by atoms with E-state index < -0.39 is 30.3 Å². The van der Waals surface area contributed by atoms with Gasteiger partial charge in [0.05, 0.1) is 35.4 Å². The number of hydrogen-bond donors (Lipinski definition) is 6. The van der Waals surface area contributed by atoms with Crippen molar-refractivity contribution < 1.29 is 30.1 Å². The van der Waals surface area contributed by atoms with Crippen molar-refractivity contribution in [2.24, 2.45) is 0 Å². The molecule has 0 aliphatic heterocycles. The molecule has 174 valence electrons. The lowest BCUT2D eigenvalue weighted by molar-refractivity contribution is -0.145. The van der Waals surface area contributed by atoms with E-state index in [0.717, 1.165) is 0 Å². The normalized spacial score (nSPS) is 11.3. The number of halogens is 1. The maximum absolute atomic E-state index is 12.3. The third-order valence-corrected chi connectivity index (χ3v) is 4.48. The molecule has 14 nitrogen and oxygen atoms in total. The minimum Gasteiger partial charge on any atom is -0.481 e. The fourth-order valence-electron chi connectivity index (χ4n) is 2.68. The molecule has 1 unspecified atom stereocenters. The number of nitrogen functional groups attached to an aromatic ring is 2. The molecule has 0 saturated carbocycles. The molecule has 0 fully saturated rings. The van der Waals surface area contributed by atoms with Crippen LogP contribution in [0.15, 0.2) is 24.4 Å². The molecule has 33 heavy (non-hydrogen) atoms. The Morgan fingerprint density at radius 1 is 1.12 bits per heavy atom. The van der Waals surface area contributed by atoms with Crippen LogP contribution in [0.3, 0.4) is 0 Å². The van der Waals surface area contributed by atoms with Crippen LogP contribution in [0, 0.1) is 0 Å². The molecule has 0 spiro atoms. The first-order chi connectivity index (χ1) is 15.1. The third-order valence-electron chi connectivity index (χ3n) is 4.17. The molecule has 0 bridgehead atoms. The average molecular weight is 479 g/mol. The van der Waals surface area contributed by atoms with Gasteiger partial charge in [0, 0.05) is 5.69 Å². The highest BCUT2D eigenvalue weighted by atomic mass is 35.5. The van der Waals surface area contributed by atoms with Gasteiger partial charge in [0.2, 0.25) is 5.95 Å². The van der Waals surface area contributed by atoms with E-state index in [1.54, 1.807) is 6.07 Å². The number of nitrogens with two attached hydrogens (primary N) is 2. The molecule has 15 heteroatoms. The SMILES string of the molecule is Nc1nc(N)c2nc(CNc3ccc(C(=O)NC(CC(=O)O)C(=O)O)c(Cl)c3)cnc2n1.O. The number of fused-ring (bicyclic) bond motifs is 1. The van der Waals surface area contributed by atoms with Crippen molar-refractivity contribution in [3.63, 3.8) is 0 Å². The number of rotatable bonds is 8. The summed E-state index contributed by atoms with van der Waals surface area (Å²) in [7, 11) is 0. The second-order valence-electron chi connectivity index (χ2n) is 6.51. The van der Waals surface area contributed by atoms with Crippen LogP contribution in [0.2, 0.25) is 5.02 Å². The van der Waals surface area contributed by atoms with E-state index in [-0.39, 0.29) is 40.0 Å². The van der Waals surface area contributed by atoms with Crippen molar-refractivity contribution in [3.8, 4) is 0 Å². The summed E-state index contributed by atoms with van der Waals surface area (Å²) in [5.41, 5.74) is 12.9. The Labute approximate surface area is 190 Å². The van der Waals surface area contributed by atoms with E-state index in [9.17, 15) is 14.4 Å². The van der Waals surface area contributed by atoms with Crippen LogP contribution in [0.5, 0.6) is 0 Å². The summed E-state index contributed by atoms with van der Waals surface area (Å²) < 4.78 is 0. The lowest BCUT2D eigenvalue weighted by atomic mass is 10.1. The van der Waals surface area contributed by atoms with Gasteiger partial charge in [-0.05, 0) is 18.2 Å². The molecule has 2 aromatic heterocycles. The van der Waals surface area contributed by atoms with Gasteiger partial charge in [0.15, 0.2) is 17.0 Å². The summed E-state index contributed by atoms with van der Waals surface area (Å²) in [4.78, 5) is 50.5. The summed E-state index contributed by atoms with van der Waals surface area (Å²) >= 11 is 6.15. The minimum absolute atomic E-state index is 0. The molecule has 0 aliphatic carbocycles. The Bertz CT molecular complexity index is 1220. The highest BCUT2D eigenvalue weighted by Crippen LogP contribution is 2.22. The fraction of sp³-hybridized carbons (Fsp3) is 0.167. The Morgan fingerprint density at radius 2 is 1.85 bits per heavy atom. The zero-order valence-corrected chi connectivity index (χ0v) is 17.5. The number of nitrogens with zero attached hydrogens (tertiary/aromatic N) is 4. The van der Waals surface area contributed by atoms with Crippen molar-refractivity contribution in [2.75, 3.05) is 16.8 Å². The monoisotopic (exact) mass is 478 g/mol. The van der Waals surface area contributed by atoms with E-state index in [0.29, 0.717) is 16.9 Å². The van der Waals surface area contributed by atoms with Gasteiger partial charge in [-0.3, -0.25) is 9.59 Å².